The number of carbonyl (C=O) groups excluding carboxylic acids is 1. The third-order valence-electron chi connectivity index (χ3n) is 4.97. The van der Waals surface area contributed by atoms with E-state index in [1.54, 1.807) is 11.3 Å². The molecule has 0 radical (unpaired) electrons. The highest BCUT2D eigenvalue weighted by molar-refractivity contribution is 7.99. The summed E-state index contributed by atoms with van der Waals surface area (Å²) in [6, 6.07) is 14.7. The van der Waals surface area contributed by atoms with Crippen molar-refractivity contribution in [1.82, 2.24) is 20.1 Å². The van der Waals surface area contributed by atoms with Crippen LogP contribution < -0.4 is 5.32 Å². The largest absolute Gasteiger partial charge is 0.307 e. The van der Waals surface area contributed by atoms with Gasteiger partial charge in [0.1, 0.15) is 5.82 Å². The summed E-state index contributed by atoms with van der Waals surface area (Å²) in [4.78, 5) is 13.7. The molecule has 0 bridgehead atoms. The van der Waals surface area contributed by atoms with Crippen LogP contribution in [0, 0.1) is 0 Å². The van der Waals surface area contributed by atoms with Crippen LogP contribution in [0.15, 0.2) is 53.0 Å². The predicted molar refractivity (Wildman–Crippen MR) is 114 cm³/mol. The van der Waals surface area contributed by atoms with E-state index < -0.39 is 0 Å². The van der Waals surface area contributed by atoms with E-state index in [0.29, 0.717) is 5.75 Å². The van der Waals surface area contributed by atoms with Crippen LogP contribution in [-0.2, 0) is 24.2 Å². The van der Waals surface area contributed by atoms with Crippen LogP contribution in [0.25, 0.3) is 0 Å². The Hall–Kier alpha value is -1.96. The summed E-state index contributed by atoms with van der Waals surface area (Å²) in [6.07, 6.45) is 3.73. The number of aryl methyl sites for hydroxylation is 1. The number of aromatic nitrogens is 3. The molecule has 2 aromatic heterocycles. The van der Waals surface area contributed by atoms with Crippen LogP contribution in [0.3, 0.4) is 0 Å². The predicted octanol–water partition coefficient (Wildman–Crippen LogP) is 3.59. The molecule has 3 heterocycles. The number of nitrogens with zero attached hydrogens (tertiary/aromatic N) is 3. The van der Waals surface area contributed by atoms with Gasteiger partial charge in [0.05, 0.1) is 11.8 Å². The number of Topliss-reactive ketones (excluding diaryl/α,β-unsaturated/α-hetero) is 1. The Morgan fingerprint density at radius 2 is 2.11 bits per heavy atom. The summed E-state index contributed by atoms with van der Waals surface area (Å²) < 4.78 is 2.19. The lowest BCUT2D eigenvalue weighted by atomic mass is 10.1. The van der Waals surface area contributed by atoms with Crippen molar-refractivity contribution in [2.75, 3.05) is 12.3 Å². The number of thiophene rings is 1. The molecule has 0 saturated carbocycles. The first-order valence-electron chi connectivity index (χ1n) is 9.67. The quantitative estimate of drug-likeness (QED) is 0.544. The van der Waals surface area contributed by atoms with Gasteiger partial charge in [-0.3, -0.25) is 4.79 Å². The molecule has 1 saturated heterocycles. The zero-order valence-electron chi connectivity index (χ0n) is 15.7. The van der Waals surface area contributed by atoms with E-state index in [0.717, 1.165) is 49.8 Å². The van der Waals surface area contributed by atoms with Crippen LogP contribution in [0.5, 0.6) is 0 Å². The minimum atomic E-state index is 0.0128. The van der Waals surface area contributed by atoms with Gasteiger partial charge in [-0.05, 0) is 42.8 Å². The van der Waals surface area contributed by atoms with E-state index in [9.17, 15) is 4.79 Å². The summed E-state index contributed by atoms with van der Waals surface area (Å²) >= 11 is 3.25. The first-order chi connectivity index (χ1) is 13.8. The summed E-state index contributed by atoms with van der Waals surface area (Å²) in [5.41, 5.74) is 1.29. The Bertz CT molecular complexity index is 887. The van der Waals surface area contributed by atoms with Crippen molar-refractivity contribution < 1.29 is 4.79 Å². The second kappa shape index (κ2) is 9.49. The molecule has 5 nitrogen and oxygen atoms in total. The normalized spacial score (nSPS) is 16.5. The molecule has 1 N–H and O–H groups in total. The number of hydrogen-bond donors (Lipinski definition) is 1. The Kier molecular flexibility index (Phi) is 6.57. The lowest BCUT2D eigenvalue weighted by Crippen LogP contribution is -2.32. The van der Waals surface area contributed by atoms with Gasteiger partial charge in [0.25, 0.3) is 0 Å². The van der Waals surface area contributed by atoms with Crippen molar-refractivity contribution in [1.29, 1.82) is 0 Å². The minimum Gasteiger partial charge on any atom is -0.307 e. The molecule has 1 aliphatic rings. The van der Waals surface area contributed by atoms with Gasteiger partial charge in [-0.25, -0.2) is 0 Å². The van der Waals surface area contributed by atoms with E-state index in [2.05, 4.69) is 61.9 Å². The van der Waals surface area contributed by atoms with Crippen molar-refractivity contribution in [3.05, 3.63) is 64.1 Å². The van der Waals surface area contributed by atoms with E-state index in [1.807, 2.05) is 6.07 Å². The minimum absolute atomic E-state index is 0.0128. The van der Waals surface area contributed by atoms with Crippen molar-refractivity contribution >= 4 is 28.9 Å². The molecular weight excluding hydrogens is 388 g/mol. The van der Waals surface area contributed by atoms with E-state index in [-0.39, 0.29) is 11.8 Å². The molecule has 1 fully saturated rings. The van der Waals surface area contributed by atoms with Gasteiger partial charge in [-0.2, -0.15) is 0 Å². The fraction of sp³-hybridized carbons (Fsp3) is 0.381. The molecule has 3 aromatic rings. The van der Waals surface area contributed by atoms with Crippen LogP contribution >= 0.6 is 23.1 Å². The highest BCUT2D eigenvalue weighted by Gasteiger charge is 2.23. The maximum Gasteiger partial charge on any atom is 0.191 e. The van der Waals surface area contributed by atoms with E-state index >= 15 is 0 Å². The maximum absolute atomic E-state index is 12.4. The zero-order valence-corrected chi connectivity index (χ0v) is 17.3. The Morgan fingerprint density at radius 1 is 1.21 bits per heavy atom. The average molecular weight is 413 g/mol. The number of ketones is 1. The molecule has 0 spiro atoms. The zero-order chi connectivity index (χ0) is 19.2. The molecule has 146 valence electrons. The highest BCUT2D eigenvalue weighted by atomic mass is 32.2. The van der Waals surface area contributed by atoms with Crippen molar-refractivity contribution in [3.63, 3.8) is 0 Å². The van der Waals surface area contributed by atoms with Crippen molar-refractivity contribution in [2.24, 2.45) is 0 Å². The van der Waals surface area contributed by atoms with E-state index in [1.165, 1.54) is 22.2 Å². The van der Waals surface area contributed by atoms with Gasteiger partial charge < -0.3 is 9.88 Å². The first-order valence-corrected chi connectivity index (χ1v) is 11.5. The summed E-state index contributed by atoms with van der Waals surface area (Å²) in [5.74, 6) is 1.67. The number of rotatable bonds is 9. The second-order valence-corrected chi connectivity index (χ2v) is 8.92. The molecule has 1 unspecified atom stereocenters. The third kappa shape index (κ3) is 4.90. The average Bonchev–Trinajstić information content (AvgIpc) is 3.48. The molecule has 1 aliphatic heterocycles. The van der Waals surface area contributed by atoms with Gasteiger partial charge in [0.15, 0.2) is 10.9 Å². The fourth-order valence-electron chi connectivity index (χ4n) is 3.43. The third-order valence-corrected chi connectivity index (χ3v) is 6.83. The monoisotopic (exact) mass is 412 g/mol. The molecule has 0 aliphatic carbocycles. The van der Waals surface area contributed by atoms with Crippen LogP contribution in [0.1, 0.15) is 29.1 Å². The molecule has 1 atom stereocenters. The summed E-state index contributed by atoms with van der Waals surface area (Å²) in [6.45, 7) is 1.76. The van der Waals surface area contributed by atoms with Gasteiger partial charge in [-0.15, -0.1) is 21.5 Å². The van der Waals surface area contributed by atoms with Gasteiger partial charge in [0, 0.05) is 17.8 Å². The highest BCUT2D eigenvalue weighted by Crippen LogP contribution is 2.22. The molecular formula is C21H24N4OS2. The molecule has 7 heteroatoms. The second-order valence-electron chi connectivity index (χ2n) is 6.95. The number of nitrogens with one attached hydrogen (secondary N) is 1. The Morgan fingerprint density at radius 3 is 2.86 bits per heavy atom. The van der Waals surface area contributed by atoms with Crippen molar-refractivity contribution in [2.45, 2.75) is 43.4 Å². The topological polar surface area (TPSA) is 59.8 Å². The van der Waals surface area contributed by atoms with Crippen molar-refractivity contribution in [3.8, 4) is 0 Å². The number of thioether (sulfide) groups is 1. The number of hydrogen-bond acceptors (Lipinski definition) is 6. The van der Waals surface area contributed by atoms with Crippen LogP contribution in [0.2, 0.25) is 0 Å². The lowest BCUT2D eigenvalue weighted by Gasteiger charge is -2.11. The molecule has 0 amide bonds. The van der Waals surface area contributed by atoms with Crippen LogP contribution in [-0.4, -0.2) is 38.9 Å². The lowest BCUT2D eigenvalue weighted by molar-refractivity contribution is -0.118. The number of benzene rings is 1. The fourth-order valence-corrected chi connectivity index (χ4v) is 5.06. The molecule has 28 heavy (non-hydrogen) atoms. The maximum atomic E-state index is 12.4. The first kappa shape index (κ1) is 19.4. The Balaban J connectivity index is 1.47. The van der Waals surface area contributed by atoms with Gasteiger partial charge in [0.2, 0.25) is 0 Å². The number of carbonyl (C=O) groups is 1. The van der Waals surface area contributed by atoms with Gasteiger partial charge in [-0.1, -0.05) is 48.2 Å². The molecule has 1 aromatic carbocycles. The smallest absolute Gasteiger partial charge is 0.191 e. The SMILES string of the molecule is O=C(CSc1nnc(Cc2cccs2)n1CCc1ccccc1)C1CCCN1. The van der Waals surface area contributed by atoms with E-state index in [4.69, 9.17) is 0 Å². The summed E-state index contributed by atoms with van der Waals surface area (Å²) in [7, 11) is 0. The van der Waals surface area contributed by atoms with Crippen LogP contribution in [0.4, 0.5) is 0 Å². The molecule has 4 rings (SSSR count). The summed E-state index contributed by atoms with van der Waals surface area (Å²) in [5, 5.41) is 15.1. The standard InChI is InChI=1S/C21H24N4OS2/c26-19(18-9-4-11-22-18)15-28-21-24-23-20(14-17-8-5-13-27-17)25(21)12-10-16-6-2-1-3-7-16/h1-3,5-8,13,18,22H,4,9-12,14-15H2. The Labute approximate surface area is 173 Å². The van der Waals surface area contributed by atoms with Gasteiger partial charge >= 0.3 is 0 Å².